The zero-order valence-corrected chi connectivity index (χ0v) is 16.9. The van der Waals surface area contributed by atoms with Gasteiger partial charge in [-0.1, -0.05) is 18.7 Å². The van der Waals surface area contributed by atoms with Gasteiger partial charge in [0.2, 0.25) is 0 Å². The fourth-order valence-electron chi connectivity index (χ4n) is 3.15. The summed E-state index contributed by atoms with van der Waals surface area (Å²) in [6.45, 7) is 6.18. The van der Waals surface area contributed by atoms with E-state index >= 15 is 0 Å². The molecule has 0 radical (unpaired) electrons. The highest BCUT2D eigenvalue weighted by atomic mass is 32.1. The monoisotopic (exact) mass is 411 g/mol. The first-order valence-electron chi connectivity index (χ1n) is 9.28. The minimum Gasteiger partial charge on any atom is -0.336 e. The van der Waals surface area contributed by atoms with E-state index in [-0.39, 0.29) is 0 Å². The van der Waals surface area contributed by atoms with Crippen molar-refractivity contribution in [2.24, 2.45) is 0 Å². The second-order valence-corrected chi connectivity index (χ2v) is 7.64. The summed E-state index contributed by atoms with van der Waals surface area (Å²) in [5.74, 6) is 0.659. The lowest BCUT2D eigenvalue weighted by atomic mass is 10.2. The molecule has 0 spiro atoms. The largest absolute Gasteiger partial charge is 0.336 e. The summed E-state index contributed by atoms with van der Waals surface area (Å²) in [5, 5.41) is 11.1. The van der Waals surface area contributed by atoms with Gasteiger partial charge in [0.1, 0.15) is 16.9 Å². The third-order valence-corrected chi connectivity index (χ3v) is 5.62. The SMILES string of the molecule is C=c1c(-c2nc3c(-c4cccs4)nccc3[nH]2)n[nH]/c1=C/C=C(\C)c1cnccn1. The molecule has 30 heavy (non-hydrogen) atoms. The van der Waals surface area contributed by atoms with Crippen molar-refractivity contribution in [1.29, 1.82) is 0 Å². The number of allylic oxidation sites excluding steroid dienone is 2. The number of imidazole rings is 1. The number of fused-ring (bicyclic) bond motifs is 1. The molecule has 0 fully saturated rings. The number of H-pyrrole nitrogens is 2. The molecule has 0 amide bonds. The predicted octanol–water partition coefficient (Wildman–Crippen LogP) is 3.16. The van der Waals surface area contributed by atoms with Crippen molar-refractivity contribution in [3.8, 4) is 22.1 Å². The van der Waals surface area contributed by atoms with Crippen LogP contribution in [0.1, 0.15) is 12.6 Å². The lowest BCUT2D eigenvalue weighted by Crippen LogP contribution is -2.21. The van der Waals surface area contributed by atoms with Gasteiger partial charge in [-0.25, -0.2) is 4.98 Å². The maximum atomic E-state index is 4.77. The summed E-state index contributed by atoms with van der Waals surface area (Å²) in [5.41, 5.74) is 5.09. The molecule has 2 N–H and O–H groups in total. The van der Waals surface area contributed by atoms with Crippen molar-refractivity contribution in [3.05, 3.63) is 70.7 Å². The Morgan fingerprint density at radius 3 is 2.87 bits per heavy atom. The van der Waals surface area contributed by atoms with Gasteiger partial charge in [0.25, 0.3) is 0 Å². The Balaban J connectivity index is 1.55. The van der Waals surface area contributed by atoms with E-state index < -0.39 is 0 Å². The van der Waals surface area contributed by atoms with Crippen molar-refractivity contribution in [2.75, 3.05) is 0 Å². The predicted molar refractivity (Wildman–Crippen MR) is 120 cm³/mol. The minimum absolute atomic E-state index is 0.659. The Bertz CT molecular complexity index is 1460. The highest BCUT2D eigenvalue weighted by molar-refractivity contribution is 7.13. The van der Waals surface area contributed by atoms with E-state index in [1.54, 1.807) is 36.1 Å². The van der Waals surface area contributed by atoms with Crippen LogP contribution in [0.25, 0.3) is 51.4 Å². The number of rotatable bonds is 4. The van der Waals surface area contributed by atoms with Crippen LogP contribution in [-0.4, -0.2) is 35.1 Å². The van der Waals surface area contributed by atoms with Crippen molar-refractivity contribution >= 4 is 40.6 Å². The third kappa shape index (κ3) is 3.23. The van der Waals surface area contributed by atoms with Crippen LogP contribution in [0.4, 0.5) is 0 Å². The van der Waals surface area contributed by atoms with Crippen LogP contribution in [0.3, 0.4) is 0 Å². The van der Waals surface area contributed by atoms with Crippen LogP contribution in [0, 0.1) is 0 Å². The summed E-state index contributed by atoms with van der Waals surface area (Å²) in [7, 11) is 0. The average molecular weight is 411 g/mol. The Morgan fingerprint density at radius 2 is 2.07 bits per heavy atom. The topological polar surface area (TPSA) is 96.0 Å². The van der Waals surface area contributed by atoms with Gasteiger partial charge in [0.05, 0.1) is 27.6 Å². The standard InChI is InChI=1S/C22H17N7S/c1-13(17-12-23-9-10-24-17)5-6-15-14(2)19(29-28-15)22-26-16-7-8-25-21(20(16)27-22)18-4-3-11-30-18/h3-12,28H,2H2,1H3,(H,26,27)/b13-5+,15-6+. The number of nitrogens with one attached hydrogen (secondary N) is 2. The molecule has 0 bridgehead atoms. The molecular weight excluding hydrogens is 394 g/mol. The van der Waals surface area contributed by atoms with Crippen LogP contribution in [-0.2, 0) is 0 Å². The zero-order valence-electron chi connectivity index (χ0n) is 16.1. The number of hydrogen-bond acceptors (Lipinski definition) is 6. The fourth-order valence-corrected chi connectivity index (χ4v) is 3.87. The van der Waals surface area contributed by atoms with Crippen molar-refractivity contribution in [2.45, 2.75) is 6.92 Å². The molecule has 7 nitrogen and oxygen atoms in total. The summed E-state index contributed by atoms with van der Waals surface area (Å²) < 4.78 is 0. The molecular formula is C22H17N7S. The van der Waals surface area contributed by atoms with Gasteiger partial charge in [-0.05, 0) is 36.1 Å². The maximum Gasteiger partial charge on any atom is 0.159 e. The van der Waals surface area contributed by atoms with E-state index in [1.165, 1.54) is 0 Å². The molecule has 0 saturated heterocycles. The molecule has 5 heterocycles. The normalized spacial score (nSPS) is 12.7. The van der Waals surface area contributed by atoms with Crippen LogP contribution in [0.2, 0.25) is 0 Å². The van der Waals surface area contributed by atoms with Gasteiger partial charge in [0, 0.05) is 23.8 Å². The number of aromatic nitrogens is 7. The molecule has 5 aromatic heterocycles. The van der Waals surface area contributed by atoms with Gasteiger partial charge < -0.3 is 4.98 Å². The minimum atomic E-state index is 0.659. The van der Waals surface area contributed by atoms with Crippen LogP contribution < -0.4 is 10.6 Å². The molecule has 0 unspecified atom stereocenters. The number of nitrogens with zero attached hydrogens (tertiary/aromatic N) is 5. The van der Waals surface area contributed by atoms with Gasteiger partial charge in [-0.2, -0.15) is 5.10 Å². The maximum absolute atomic E-state index is 4.77. The number of aromatic amines is 2. The van der Waals surface area contributed by atoms with Crippen LogP contribution >= 0.6 is 11.3 Å². The van der Waals surface area contributed by atoms with E-state index in [4.69, 9.17) is 4.98 Å². The van der Waals surface area contributed by atoms with E-state index in [0.29, 0.717) is 11.5 Å². The van der Waals surface area contributed by atoms with E-state index in [9.17, 15) is 0 Å². The molecule has 0 aromatic carbocycles. The lowest BCUT2D eigenvalue weighted by molar-refractivity contribution is 1.06. The van der Waals surface area contributed by atoms with Crippen molar-refractivity contribution in [3.63, 3.8) is 0 Å². The number of hydrogen-bond donors (Lipinski definition) is 2. The van der Waals surface area contributed by atoms with Gasteiger partial charge in [-0.15, -0.1) is 11.3 Å². The summed E-state index contributed by atoms with van der Waals surface area (Å²) in [6, 6.07) is 5.97. The van der Waals surface area contributed by atoms with E-state index in [0.717, 1.165) is 43.4 Å². The van der Waals surface area contributed by atoms with Gasteiger partial charge in [0.15, 0.2) is 5.82 Å². The van der Waals surface area contributed by atoms with Crippen LogP contribution in [0.5, 0.6) is 0 Å². The molecule has 0 saturated carbocycles. The molecule has 5 rings (SSSR count). The second kappa shape index (κ2) is 7.49. The zero-order chi connectivity index (χ0) is 20.5. The van der Waals surface area contributed by atoms with Crippen molar-refractivity contribution in [1.82, 2.24) is 35.1 Å². The second-order valence-electron chi connectivity index (χ2n) is 6.69. The van der Waals surface area contributed by atoms with Gasteiger partial charge >= 0.3 is 0 Å². The van der Waals surface area contributed by atoms with E-state index in [1.807, 2.05) is 42.7 Å². The first-order chi connectivity index (χ1) is 14.7. The van der Waals surface area contributed by atoms with Gasteiger partial charge in [-0.3, -0.25) is 20.1 Å². The molecule has 146 valence electrons. The Kier molecular flexibility index (Phi) is 4.53. The summed E-state index contributed by atoms with van der Waals surface area (Å²) >= 11 is 1.64. The molecule has 0 aliphatic carbocycles. The Hall–Kier alpha value is -3.91. The van der Waals surface area contributed by atoms with E-state index in [2.05, 4.69) is 36.7 Å². The number of pyridine rings is 1. The quantitative estimate of drug-likeness (QED) is 0.474. The highest BCUT2D eigenvalue weighted by Gasteiger charge is 2.14. The fraction of sp³-hybridized carbons (Fsp3) is 0.0455. The average Bonchev–Trinajstić information content (AvgIpc) is 3.52. The lowest BCUT2D eigenvalue weighted by Gasteiger charge is -1.96. The van der Waals surface area contributed by atoms with Crippen LogP contribution in [0.15, 0.2) is 54.4 Å². The molecule has 5 aromatic rings. The molecule has 0 aliphatic rings. The first kappa shape index (κ1) is 18.1. The summed E-state index contributed by atoms with van der Waals surface area (Å²) in [6.07, 6.45) is 10.7. The molecule has 8 heteroatoms. The molecule has 0 aliphatic heterocycles. The summed E-state index contributed by atoms with van der Waals surface area (Å²) in [4.78, 5) is 22.1. The first-order valence-corrected chi connectivity index (χ1v) is 10.2. The highest BCUT2D eigenvalue weighted by Crippen LogP contribution is 2.29. The smallest absolute Gasteiger partial charge is 0.159 e. The molecule has 0 atom stereocenters. The Labute approximate surface area is 175 Å². The third-order valence-electron chi connectivity index (χ3n) is 4.75. The number of thiophene rings is 1. The van der Waals surface area contributed by atoms with Crippen molar-refractivity contribution < 1.29 is 0 Å². The Morgan fingerprint density at radius 1 is 1.13 bits per heavy atom.